The van der Waals surface area contributed by atoms with Crippen LogP contribution in [-0.2, 0) is 6.54 Å². The van der Waals surface area contributed by atoms with Gasteiger partial charge in [0.15, 0.2) is 0 Å². The zero-order valence-electron chi connectivity index (χ0n) is 10.5. The van der Waals surface area contributed by atoms with Gasteiger partial charge in [0.2, 0.25) is 0 Å². The number of carbonyl (C=O) groups is 1. The molecule has 104 valence electrons. The monoisotopic (exact) mass is 301 g/mol. The van der Waals surface area contributed by atoms with E-state index in [1.807, 2.05) is 4.90 Å². The molecule has 0 bridgehead atoms. The first kappa shape index (κ1) is 13.1. The molecule has 0 aromatic carbocycles. The third-order valence-electron chi connectivity index (χ3n) is 3.69. The maximum atomic E-state index is 11.7. The van der Waals surface area contributed by atoms with Crippen LogP contribution in [0.3, 0.4) is 0 Å². The highest BCUT2D eigenvalue weighted by atomic mass is 35.5. The van der Waals surface area contributed by atoms with Crippen LogP contribution in [0.5, 0.6) is 0 Å². The van der Waals surface area contributed by atoms with Crippen molar-refractivity contribution >= 4 is 29.2 Å². The van der Waals surface area contributed by atoms with E-state index in [2.05, 4.69) is 19.8 Å². The van der Waals surface area contributed by atoms with Crippen LogP contribution in [0.2, 0.25) is 4.34 Å². The summed E-state index contributed by atoms with van der Waals surface area (Å²) in [6.07, 6.45) is 2.18. The first-order chi connectivity index (χ1) is 9.24. The summed E-state index contributed by atoms with van der Waals surface area (Å²) in [6, 6.07) is 0.377. The Labute approximate surface area is 120 Å². The highest BCUT2D eigenvalue weighted by Crippen LogP contribution is 2.23. The molecule has 2 aliphatic rings. The fraction of sp³-hybridized carbons (Fsp3) is 0.727. The summed E-state index contributed by atoms with van der Waals surface area (Å²) in [6.45, 7) is 4.22. The molecule has 0 saturated carbocycles. The first-order valence-corrected chi connectivity index (χ1v) is 7.63. The van der Waals surface area contributed by atoms with Gasteiger partial charge in [-0.05, 0) is 19.4 Å². The lowest BCUT2D eigenvalue weighted by atomic mass is 10.0. The van der Waals surface area contributed by atoms with Gasteiger partial charge in [-0.2, -0.15) is 0 Å². The second-order valence-electron chi connectivity index (χ2n) is 4.95. The molecule has 3 rings (SSSR count). The summed E-state index contributed by atoms with van der Waals surface area (Å²) in [4.78, 5) is 16.0. The van der Waals surface area contributed by atoms with Crippen LogP contribution in [0.1, 0.15) is 18.5 Å². The predicted octanol–water partition coefficient (Wildman–Crippen LogP) is 1.18. The van der Waals surface area contributed by atoms with Gasteiger partial charge in [0.25, 0.3) is 0 Å². The van der Waals surface area contributed by atoms with Crippen LogP contribution >= 0.6 is 23.1 Å². The van der Waals surface area contributed by atoms with E-state index in [1.165, 1.54) is 11.5 Å². The van der Waals surface area contributed by atoms with Crippen molar-refractivity contribution in [1.82, 2.24) is 24.7 Å². The summed E-state index contributed by atoms with van der Waals surface area (Å²) in [5.41, 5.74) is 0.846. The number of hydrogen-bond acceptors (Lipinski definition) is 5. The Hall–Kier alpha value is -0.920. The number of hydrogen-bond donors (Lipinski definition) is 1. The van der Waals surface area contributed by atoms with E-state index in [1.54, 1.807) is 0 Å². The van der Waals surface area contributed by atoms with Gasteiger partial charge < -0.3 is 10.2 Å². The number of halogens is 1. The minimum absolute atomic E-state index is 0.0696. The fourth-order valence-electron chi connectivity index (χ4n) is 2.77. The molecule has 0 aliphatic carbocycles. The van der Waals surface area contributed by atoms with Crippen LogP contribution in [0.25, 0.3) is 0 Å². The molecule has 2 fully saturated rings. The summed E-state index contributed by atoms with van der Waals surface area (Å²) in [5.74, 6) is 0. The number of carbonyl (C=O) groups excluding carboxylic acids is 1. The van der Waals surface area contributed by atoms with Gasteiger partial charge >= 0.3 is 6.03 Å². The van der Waals surface area contributed by atoms with Crippen LogP contribution in [-0.4, -0.2) is 57.6 Å². The summed E-state index contributed by atoms with van der Waals surface area (Å²) in [5, 5.41) is 6.91. The molecule has 2 saturated heterocycles. The zero-order valence-corrected chi connectivity index (χ0v) is 12.1. The van der Waals surface area contributed by atoms with E-state index < -0.39 is 0 Å². The molecule has 1 aromatic rings. The molecule has 0 radical (unpaired) electrons. The van der Waals surface area contributed by atoms with Crippen LogP contribution in [0, 0.1) is 0 Å². The molecule has 2 aliphatic heterocycles. The summed E-state index contributed by atoms with van der Waals surface area (Å²) in [7, 11) is 0. The second-order valence-corrected chi connectivity index (χ2v) is 6.31. The van der Waals surface area contributed by atoms with E-state index in [0.717, 1.165) is 51.3 Å². The zero-order chi connectivity index (χ0) is 13.2. The topological polar surface area (TPSA) is 61.4 Å². The second kappa shape index (κ2) is 5.60. The smallest absolute Gasteiger partial charge is 0.317 e. The van der Waals surface area contributed by atoms with E-state index in [4.69, 9.17) is 11.6 Å². The quantitative estimate of drug-likeness (QED) is 0.911. The third kappa shape index (κ3) is 2.82. The molecule has 2 amide bonds. The van der Waals surface area contributed by atoms with Gasteiger partial charge in [-0.25, -0.2) is 4.79 Å². The number of piperidine rings is 1. The van der Waals surface area contributed by atoms with E-state index in [9.17, 15) is 4.79 Å². The largest absolute Gasteiger partial charge is 0.336 e. The van der Waals surface area contributed by atoms with Crippen molar-refractivity contribution in [3.8, 4) is 0 Å². The Morgan fingerprint density at radius 3 is 3.05 bits per heavy atom. The predicted molar refractivity (Wildman–Crippen MR) is 73.3 cm³/mol. The van der Waals surface area contributed by atoms with Crippen LogP contribution in [0.15, 0.2) is 0 Å². The SMILES string of the molecule is O=C1NCCN1[C@@H]1CCCN(Cc2nnsc2Cl)C1. The highest BCUT2D eigenvalue weighted by molar-refractivity contribution is 7.10. The molecule has 1 N–H and O–H groups in total. The Morgan fingerprint density at radius 1 is 1.47 bits per heavy atom. The van der Waals surface area contributed by atoms with Crippen molar-refractivity contribution in [3.05, 3.63) is 10.0 Å². The molecule has 3 heterocycles. The molecule has 0 unspecified atom stereocenters. The average Bonchev–Trinajstić information content (AvgIpc) is 3.00. The van der Waals surface area contributed by atoms with Gasteiger partial charge in [-0.1, -0.05) is 16.1 Å². The van der Waals surface area contributed by atoms with Crippen molar-refractivity contribution < 1.29 is 4.79 Å². The van der Waals surface area contributed by atoms with E-state index >= 15 is 0 Å². The van der Waals surface area contributed by atoms with Crippen LogP contribution in [0.4, 0.5) is 4.79 Å². The maximum Gasteiger partial charge on any atom is 0.317 e. The molecule has 6 nitrogen and oxygen atoms in total. The van der Waals surface area contributed by atoms with Gasteiger partial charge in [0.1, 0.15) is 10.0 Å². The van der Waals surface area contributed by atoms with Crippen molar-refractivity contribution in [1.29, 1.82) is 0 Å². The fourth-order valence-corrected chi connectivity index (χ4v) is 3.38. The standard InChI is InChI=1S/C11H16ClN5OS/c12-10-9(14-15-19-10)7-16-4-1-2-8(6-16)17-5-3-13-11(17)18/h8H,1-7H2,(H,13,18)/t8-/m1/s1. The van der Waals surface area contributed by atoms with Gasteiger partial charge in [-0.15, -0.1) is 5.10 Å². The number of likely N-dealkylation sites (tertiary alicyclic amines) is 1. The highest BCUT2D eigenvalue weighted by Gasteiger charge is 2.31. The molecular weight excluding hydrogens is 286 g/mol. The number of nitrogens with zero attached hydrogens (tertiary/aromatic N) is 4. The molecule has 1 atom stereocenters. The lowest BCUT2D eigenvalue weighted by Gasteiger charge is -2.36. The Bertz CT molecular complexity index is 468. The van der Waals surface area contributed by atoms with Crippen molar-refractivity contribution in [3.63, 3.8) is 0 Å². The summed E-state index contributed by atoms with van der Waals surface area (Å²) >= 11 is 7.26. The van der Waals surface area contributed by atoms with Crippen molar-refractivity contribution in [2.45, 2.75) is 25.4 Å². The lowest BCUT2D eigenvalue weighted by molar-refractivity contribution is 0.121. The number of rotatable bonds is 3. The number of urea groups is 1. The molecule has 1 aromatic heterocycles. The number of nitrogens with one attached hydrogen (secondary N) is 1. The van der Waals surface area contributed by atoms with Gasteiger partial charge in [-0.3, -0.25) is 4.90 Å². The van der Waals surface area contributed by atoms with Crippen molar-refractivity contribution in [2.75, 3.05) is 26.2 Å². The van der Waals surface area contributed by atoms with Crippen LogP contribution < -0.4 is 5.32 Å². The Balaban J connectivity index is 1.62. The molecule has 8 heteroatoms. The summed E-state index contributed by atoms with van der Waals surface area (Å²) < 4.78 is 4.52. The van der Waals surface area contributed by atoms with Crippen molar-refractivity contribution in [2.24, 2.45) is 0 Å². The molecule has 0 spiro atoms. The Morgan fingerprint density at radius 2 is 2.37 bits per heavy atom. The first-order valence-electron chi connectivity index (χ1n) is 6.47. The average molecular weight is 302 g/mol. The van der Waals surface area contributed by atoms with E-state index in [0.29, 0.717) is 10.4 Å². The van der Waals surface area contributed by atoms with E-state index in [-0.39, 0.29) is 6.03 Å². The third-order valence-corrected chi connectivity index (χ3v) is 4.68. The normalized spacial score (nSPS) is 24.8. The number of amides is 2. The Kier molecular flexibility index (Phi) is 3.86. The molecular formula is C11H16ClN5OS. The number of aromatic nitrogens is 2. The minimum atomic E-state index is 0.0696. The van der Waals surface area contributed by atoms with Gasteiger partial charge in [0.05, 0.1) is 0 Å². The minimum Gasteiger partial charge on any atom is -0.336 e. The molecule has 19 heavy (non-hydrogen) atoms. The maximum absolute atomic E-state index is 11.7. The van der Waals surface area contributed by atoms with Gasteiger partial charge in [0, 0.05) is 43.8 Å². The lowest BCUT2D eigenvalue weighted by Crippen LogP contribution is -2.48.